The molecular formula is C25H31Cl2N3O7. The number of carbonyl (C=O) groups is 2. The van der Waals surface area contributed by atoms with Crippen LogP contribution in [0.4, 0.5) is 0 Å². The van der Waals surface area contributed by atoms with E-state index in [1.807, 2.05) is 34.6 Å². The first-order chi connectivity index (χ1) is 17.2. The van der Waals surface area contributed by atoms with E-state index >= 15 is 0 Å². The molecule has 202 valence electrons. The van der Waals surface area contributed by atoms with Crippen LogP contribution < -0.4 is 15.2 Å². The van der Waals surface area contributed by atoms with E-state index in [2.05, 4.69) is 10.1 Å². The first-order valence-electron chi connectivity index (χ1n) is 11.4. The summed E-state index contributed by atoms with van der Waals surface area (Å²) in [7, 11) is 0. The number of amidine groups is 1. The molecule has 1 heterocycles. The molecule has 3 rings (SSSR count). The van der Waals surface area contributed by atoms with Gasteiger partial charge in [-0.05, 0) is 71.7 Å². The third-order valence-corrected chi connectivity index (χ3v) is 5.45. The summed E-state index contributed by atoms with van der Waals surface area (Å²) >= 11 is 11.8. The highest BCUT2D eigenvalue weighted by Gasteiger charge is 2.38. The number of carboxylic acid groups (broad SMARTS) is 1. The van der Waals surface area contributed by atoms with Crippen LogP contribution in [0.2, 0.25) is 10.0 Å². The fourth-order valence-corrected chi connectivity index (χ4v) is 3.59. The molecule has 0 bridgehead atoms. The average Bonchev–Trinajstić information content (AvgIpc) is 2.75. The van der Waals surface area contributed by atoms with Gasteiger partial charge in [0.15, 0.2) is 5.84 Å². The Morgan fingerprint density at radius 2 is 1.81 bits per heavy atom. The minimum Gasteiger partial charge on any atom is -0.490 e. The number of carbonyl (C=O) groups excluding carboxylic acids is 1. The predicted molar refractivity (Wildman–Crippen MR) is 139 cm³/mol. The van der Waals surface area contributed by atoms with Crippen LogP contribution in [0.3, 0.4) is 0 Å². The number of benzene rings is 1. The summed E-state index contributed by atoms with van der Waals surface area (Å²) in [6.07, 6.45) is 2.36. The Morgan fingerprint density at radius 1 is 1.16 bits per heavy atom. The van der Waals surface area contributed by atoms with Crippen LogP contribution in [-0.4, -0.2) is 50.9 Å². The quantitative estimate of drug-likeness (QED) is 0.138. The van der Waals surface area contributed by atoms with Gasteiger partial charge in [-0.25, -0.2) is 9.78 Å². The van der Waals surface area contributed by atoms with Gasteiger partial charge in [-0.2, -0.15) is 0 Å². The number of oxime groups is 1. The number of nitrogens with zero attached hydrogens (tertiary/aromatic N) is 2. The molecule has 1 fully saturated rings. The Labute approximate surface area is 225 Å². The van der Waals surface area contributed by atoms with Crippen LogP contribution in [0.15, 0.2) is 35.6 Å². The highest BCUT2D eigenvalue weighted by atomic mass is 35.5. The largest absolute Gasteiger partial charge is 0.490 e. The minimum atomic E-state index is -1.06. The van der Waals surface area contributed by atoms with Crippen molar-refractivity contribution in [1.82, 2.24) is 4.98 Å². The molecular weight excluding hydrogens is 525 g/mol. The van der Waals surface area contributed by atoms with Crippen molar-refractivity contribution in [2.45, 2.75) is 65.3 Å². The molecule has 1 aliphatic carbocycles. The molecule has 0 atom stereocenters. The molecule has 1 aromatic heterocycles. The number of rotatable bonds is 7. The molecule has 0 radical (unpaired) electrons. The molecule has 12 heteroatoms. The second-order valence-corrected chi connectivity index (χ2v) is 10.4. The summed E-state index contributed by atoms with van der Waals surface area (Å²) < 4.78 is 16.4. The van der Waals surface area contributed by atoms with Gasteiger partial charge in [-0.3, -0.25) is 4.79 Å². The van der Waals surface area contributed by atoms with Gasteiger partial charge in [-0.1, -0.05) is 28.4 Å². The fourth-order valence-electron chi connectivity index (χ4n) is 3.11. The van der Waals surface area contributed by atoms with Gasteiger partial charge in [0.05, 0.1) is 22.6 Å². The zero-order valence-corrected chi connectivity index (χ0v) is 22.7. The van der Waals surface area contributed by atoms with Gasteiger partial charge >= 0.3 is 11.9 Å². The van der Waals surface area contributed by atoms with Crippen molar-refractivity contribution in [3.05, 3.63) is 51.6 Å². The Kier molecular flexibility index (Phi) is 10.4. The van der Waals surface area contributed by atoms with Crippen LogP contribution in [0.5, 0.6) is 11.6 Å². The maximum absolute atomic E-state index is 11.9. The number of nitrogens with two attached hydrogens (primary N) is 1. The average molecular weight is 556 g/mol. The second-order valence-electron chi connectivity index (χ2n) is 9.55. The number of aromatic carboxylic acids is 1. The molecule has 1 aliphatic rings. The second kappa shape index (κ2) is 12.8. The Morgan fingerprint density at radius 3 is 2.30 bits per heavy atom. The third kappa shape index (κ3) is 9.29. The topological polar surface area (TPSA) is 154 Å². The molecule has 0 aliphatic heterocycles. The van der Waals surface area contributed by atoms with Crippen molar-refractivity contribution in [2.24, 2.45) is 16.8 Å². The molecule has 1 saturated carbocycles. The van der Waals surface area contributed by atoms with Crippen molar-refractivity contribution in [2.75, 3.05) is 0 Å². The summed E-state index contributed by atoms with van der Waals surface area (Å²) in [5.41, 5.74) is 5.52. The van der Waals surface area contributed by atoms with Crippen LogP contribution in [0.1, 0.15) is 63.4 Å². The lowest BCUT2D eigenvalue weighted by molar-refractivity contribution is -0.166. The highest BCUT2D eigenvalue weighted by Crippen LogP contribution is 2.34. The van der Waals surface area contributed by atoms with E-state index in [-0.39, 0.29) is 46.4 Å². The number of pyridine rings is 1. The SMILES string of the molecule is CC(C)(C)OC(=O)C1CC(Oc2ccc(/C(N)=N/O)c(Cl)c2)C1.CC(C)Oc1ncc(C(=O)O)cc1Cl. The van der Waals surface area contributed by atoms with Crippen molar-refractivity contribution >= 4 is 41.0 Å². The van der Waals surface area contributed by atoms with E-state index in [1.165, 1.54) is 12.3 Å². The van der Waals surface area contributed by atoms with Crippen LogP contribution in [0.25, 0.3) is 0 Å². The third-order valence-electron chi connectivity index (χ3n) is 4.86. The van der Waals surface area contributed by atoms with Crippen molar-refractivity contribution in [3.63, 3.8) is 0 Å². The van der Waals surface area contributed by atoms with Gasteiger partial charge in [0.25, 0.3) is 0 Å². The maximum atomic E-state index is 11.9. The lowest BCUT2D eigenvalue weighted by Crippen LogP contribution is -2.41. The summed E-state index contributed by atoms with van der Waals surface area (Å²) in [5, 5.41) is 20.8. The molecule has 0 spiro atoms. The molecule has 1 aromatic carbocycles. The number of aromatic nitrogens is 1. The van der Waals surface area contributed by atoms with E-state index in [9.17, 15) is 9.59 Å². The molecule has 0 amide bonds. The minimum absolute atomic E-state index is 0.0432. The molecule has 4 N–H and O–H groups in total. The van der Waals surface area contributed by atoms with E-state index in [0.717, 1.165) is 0 Å². The maximum Gasteiger partial charge on any atom is 0.337 e. The van der Waals surface area contributed by atoms with E-state index < -0.39 is 11.6 Å². The van der Waals surface area contributed by atoms with Crippen LogP contribution in [-0.2, 0) is 9.53 Å². The van der Waals surface area contributed by atoms with Crippen molar-refractivity contribution in [1.29, 1.82) is 0 Å². The lowest BCUT2D eigenvalue weighted by atomic mass is 9.82. The standard InChI is InChI=1S/C16H21ClN2O4.C9H10ClNO3/c1-16(2,3)23-15(20)9-6-11(7-9)22-10-4-5-12(13(17)8-10)14(18)19-21;1-5(2)14-8-7(10)3-6(4-11-8)9(12)13/h4-5,8-9,11,21H,6-7H2,1-3H3,(H2,18,19);3-5H,1-2H3,(H,12,13). The number of hydrogen-bond acceptors (Lipinski definition) is 8. The molecule has 10 nitrogen and oxygen atoms in total. The molecule has 0 unspecified atom stereocenters. The van der Waals surface area contributed by atoms with Crippen LogP contribution >= 0.6 is 23.2 Å². The lowest BCUT2D eigenvalue weighted by Gasteiger charge is -2.35. The smallest absolute Gasteiger partial charge is 0.337 e. The van der Waals surface area contributed by atoms with E-state index in [4.69, 9.17) is 53.5 Å². The zero-order valence-electron chi connectivity index (χ0n) is 21.2. The normalized spacial score (nSPS) is 17.2. The fraction of sp³-hybridized carbons (Fsp3) is 0.440. The van der Waals surface area contributed by atoms with E-state index in [1.54, 1.807) is 18.2 Å². The Balaban J connectivity index is 0.000000294. The van der Waals surface area contributed by atoms with Crippen LogP contribution in [0, 0.1) is 5.92 Å². The Bertz CT molecular complexity index is 1140. The first-order valence-corrected chi connectivity index (χ1v) is 12.2. The molecule has 2 aromatic rings. The highest BCUT2D eigenvalue weighted by molar-refractivity contribution is 6.34. The first kappa shape index (κ1) is 30.0. The molecule has 37 heavy (non-hydrogen) atoms. The number of halogens is 2. The number of esters is 1. The summed E-state index contributed by atoms with van der Waals surface area (Å²) in [6.45, 7) is 9.22. The number of hydrogen-bond donors (Lipinski definition) is 3. The van der Waals surface area contributed by atoms with Gasteiger partial charge in [0.1, 0.15) is 22.5 Å². The number of carboxylic acids is 1. The molecule has 0 saturated heterocycles. The Hall–Kier alpha value is -3.24. The predicted octanol–water partition coefficient (Wildman–Crippen LogP) is 5.15. The summed E-state index contributed by atoms with van der Waals surface area (Å²) in [6, 6.07) is 6.24. The van der Waals surface area contributed by atoms with Gasteiger partial charge in [-0.15, -0.1) is 0 Å². The zero-order chi connectivity index (χ0) is 27.9. The van der Waals surface area contributed by atoms with Gasteiger partial charge in [0, 0.05) is 11.8 Å². The van der Waals surface area contributed by atoms with Gasteiger partial charge < -0.3 is 30.3 Å². The number of ether oxygens (including phenoxy) is 3. The van der Waals surface area contributed by atoms with E-state index in [0.29, 0.717) is 29.2 Å². The van der Waals surface area contributed by atoms with Crippen molar-refractivity contribution < 1.29 is 34.1 Å². The van der Waals surface area contributed by atoms with Crippen molar-refractivity contribution in [3.8, 4) is 11.6 Å². The summed E-state index contributed by atoms with van der Waals surface area (Å²) in [5.74, 6) is -0.585. The monoisotopic (exact) mass is 555 g/mol. The summed E-state index contributed by atoms with van der Waals surface area (Å²) in [4.78, 5) is 26.2. The van der Waals surface area contributed by atoms with Gasteiger partial charge in [0.2, 0.25) is 5.88 Å².